The van der Waals surface area contributed by atoms with E-state index in [1.807, 2.05) is 0 Å². The number of benzene rings is 1. The van der Waals surface area contributed by atoms with Crippen LogP contribution in [0.5, 0.6) is 0 Å². The van der Waals surface area contributed by atoms with Crippen molar-refractivity contribution in [1.82, 2.24) is 20.0 Å². The Bertz CT molecular complexity index is 1000. The van der Waals surface area contributed by atoms with Crippen molar-refractivity contribution in [2.45, 2.75) is 6.92 Å². The number of imide groups is 1. The van der Waals surface area contributed by atoms with Gasteiger partial charge in [-0.1, -0.05) is 29.3 Å². The molecule has 1 saturated heterocycles. The Morgan fingerprint density at radius 3 is 2.71 bits per heavy atom. The molecule has 1 aliphatic heterocycles. The highest BCUT2D eigenvalue weighted by molar-refractivity contribution is 8.18. The first kappa shape index (κ1) is 20.4. The number of carbonyl (C=O) groups excluding carboxylic acids is 3. The maximum Gasteiger partial charge on any atom is 0.293 e. The quantitative estimate of drug-likeness (QED) is 0.721. The second-order valence-corrected chi connectivity index (χ2v) is 7.86. The van der Waals surface area contributed by atoms with E-state index < -0.39 is 11.1 Å². The largest absolute Gasteiger partial charge is 0.350 e. The van der Waals surface area contributed by atoms with E-state index in [0.717, 1.165) is 22.4 Å². The van der Waals surface area contributed by atoms with Crippen LogP contribution >= 0.6 is 35.0 Å². The molecule has 28 heavy (non-hydrogen) atoms. The third-order valence-corrected chi connectivity index (χ3v) is 5.69. The summed E-state index contributed by atoms with van der Waals surface area (Å²) in [6.45, 7) is 1.99. The summed E-state index contributed by atoms with van der Waals surface area (Å²) in [5, 5.41) is 7.19. The summed E-state index contributed by atoms with van der Waals surface area (Å²) in [6.07, 6.45) is 3.03. The topological polar surface area (TPSA) is 84.3 Å². The molecule has 2 aromatic rings. The van der Waals surface area contributed by atoms with Crippen molar-refractivity contribution >= 4 is 58.1 Å². The lowest BCUT2D eigenvalue weighted by atomic mass is 10.2. The average Bonchev–Trinajstić information content (AvgIpc) is 3.11. The molecule has 1 aromatic heterocycles. The number of rotatable bonds is 5. The number of hydrogen-bond acceptors (Lipinski definition) is 5. The fourth-order valence-electron chi connectivity index (χ4n) is 2.55. The first-order valence-electron chi connectivity index (χ1n) is 8.25. The number of aromatic nitrogens is 2. The number of nitrogens with one attached hydrogen (secondary N) is 1. The molecule has 0 saturated carbocycles. The zero-order valence-electron chi connectivity index (χ0n) is 15.0. The molecular weight excluding hydrogens is 423 g/mol. The Morgan fingerprint density at radius 2 is 2.07 bits per heavy atom. The predicted molar refractivity (Wildman–Crippen MR) is 109 cm³/mol. The van der Waals surface area contributed by atoms with Gasteiger partial charge >= 0.3 is 0 Å². The molecule has 0 bridgehead atoms. The summed E-state index contributed by atoms with van der Waals surface area (Å²) >= 11 is 12.8. The lowest BCUT2D eigenvalue weighted by Crippen LogP contribution is -2.37. The molecule has 0 atom stereocenters. The molecule has 1 aliphatic rings. The van der Waals surface area contributed by atoms with Crippen LogP contribution in [0.25, 0.3) is 6.08 Å². The Hall–Kier alpha value is -2.29. The fraction of sp³-hybridized carbons (Fsp3) is 0.222. The molecule has 0 aliphatic carbocycles. The molecule has 2 heterocycles. The van der Waals surface area contributed by atoms with E-state index in [4.69, 9.17) is 23.2 Å². The van der Waals surface area contributed by atoms with E-state index in [1.54, 1.807) is 42.9 Å². The van der Waals surface area contributed by atoms with E-state index in [0.29, 0.717) is 21.2 Å². The molecule has 1 N–H and O–H groups in total. The van der Waals surface area contributed by atoms with Gasteiger partial charge in [0.2, 0.25) is 0 Å². The Kier molecular flexibility index (Phi) is 6.12. The van der Waals surface area contributed by atoms with Gasteiger partial charge in [-0.05, 0) is 42.5 Å². The van der Waals surface area contributed by atoms with Gasteiger partial charge in [-0.25, -0.2) is 0 Å². The highest BCUT2D eigenvalue weighted by Crippen LogP contribution is 2.33. The molecule has 10 heteroatoms. The highest BCUT2D eigenvalue weighted by atomic mass is 35.5. The maximum atomic E-state index is 12.5. The van der Waals surface area contributed by atoms with Gasteiger partial charge in [-0.3, -0.25) is 24.0 Å². The number of carbonyl (C=O) groups is 3. The summed E-state index contributed by atoms with van der Waals surface area (Å²) in [4.78, 5) is 38.2. The van der Waals surface area contributed by atoms with Gasteiger partial charge in [0, 0.05) is 35.9 Å². The molecule has 1 aromatic carbocycles. The average molecular weight is 439 g/mol. The van der Waals surface area contributed by atoms with Crippen molar-refractivity contribution in [3.05, 3.63) is 56.2 Å². The Morgan fingerprint density at radius 1 is 1.32 bits per heavy atom. The molecule has 146 valence electrons. The van der Waals surface area contributed by atoms with Gasteiger partial charge in [-0.15, -0.1) is 0 Å². The summed E-state index contributed by atoms with van der Waals surface area (Å²) in [5.41, 5.74) is 1.78. The van der Waals surface area contributed by atoms with Crippen molar-refractivity contribution in [2.24, 2.45) is 7.05 Å². The van der Waals surface area contributed by atoms with Crippen molar-refractivity contribution in [2.75, 3.05) is 13.1 Å². The van der Waals surface area contributed by atoms with E-state index in [1.165, 1.54) is 6.20 Å². The van der Waals surface area contributed by atoms with Crippen molar-refractivity contribution in [3.8, 4) is 0 Å². The molecule has 3 rings (SSSR count). The number of aryl methyl sites for hydroxylation is 1. The zero-order chi connectivity index (χ0) is 20.4. The minimum absolute atomic E-state index is 0.0708. The van der Waals surface area contributed by atoms with Crippen LogP contribution in [0.4, 0.5) is 4.79 Å². The van der Waals surface area contributed by atoms with Crippen LogP contribution in [0.1, 0.15) is 21.6 Å². The molecule has 7 nitrogen and oxygen atoms in total. The maximum absolute atomic E-state index is 12.5. The van der Waals surface area contributed by atoms with Gasteiger partial charge in [-0.2, -0.15) is 5.10 Å². The van der Waals surface area contributed by atoms with E-state index in [2.05, 4.69) is 10.4 Å². The number of nitrogens with zero attached hydrogens (tertiary/aromatic N) is 3. The smallest absolute Gasteiger partial charge is 0.293 e. The van der Waals surface area contributed by atoms with Crippen LogP contribution in [0.2, 0.25) is 10.0 Å². The van der Waals surface area contributed by atoms with E-state index in [-0.39, 0.29) is 23.9 Å². The monoisotopic (exact) mass is 438 g/mol. The van der Waals surface area contributed by atoms with Gasteiger partial charge in [0.1, 0.15) is 0 Å². The Balaban J connectivity index is 1.63. The van der Waals surface area contributed by atoms with Crippen LogP contribution in [-0.4, -0.2) is 44.8 Å². The third-order valence-electron chi connectivity index (χ3n) is 4.22. The van der Waals surface area contributed by atoms with Crippen LogP contribution in [0.15, 0.2) is 29.3 Å². The summed E-state index contributed by atoms with van der Waals surface area (Å²) in [6, 6.07) is 4.89. The zero-order valence-corrected chi connectivity index (χ0v) is 17.4. The second kappa shape index (κ2) is 8.38. The summed E-state index contributed by atoms with van der Waals surface area (Å²) in [5.74, 6) is -0.728. The summed E-state index contributed by atoms with van der Waals surface area (Å²) in [7, 11) is 1.74. The molecule has 1 fully saturated rings. The van der Waals surface area contributed by atoms with E-state index >= 15 is 0 Å². The van der Waals surface area contributed by atoms with E-state index in [9.17, 15) is 14.4 Å². The van der Waals surface area contributed by atoms with Crippen LogP contribution in [-0.2, 0) is 11.8 Å². The fourth-order valence-corrected chi connectivity index (χ4v) is 3.87. The second-order valence-electron chi connectivity index (χ2n) is 6.02. The van der Waals surface area contributed by atoms with Gasteiger partial charge in [0.05, 0.1) is 16.7 Å². The van der Waals surface area contributed by atoms with Crippen molar-refractivity contribution in [3.63, 3.8) is 0 Å². The SMILES string of the molecule is Cc1c(C(=O)NCCN2C(=O)SC(=Cc3ccc(Cl)cc3Cl)C2=O)cnn1C. The van der Waals surface area contributed by atoms with Crippen LogP contribution in [0, 0.1) is 6.92 Å². The molecule has 3 amide bonds. The number of thioether (sulfide) groups is 1. The minimum Gasteiger partial charge on any atom is -0.350 e. The van der Waals surface area contributed by atoms with Gasteiger partial charge in [0.25, 0.3) is 17.1 Å². The van der Waals surface area contributed by atoms with Crippen LogP contribution in [0.3, 0.4) is 0 Å². The molecular formula is C18H16Cl2N4O3S. The lowest BCUT2D eigenvalue weighted by Gasteiger charge is -2.13. The van der Waals surface area contributed by atoms with Gasteiger partial charge < -0.3 is 5.32 Å². The first-order valence-corrected chi connectivity index (χ1v) is 9.82. The minimum atomic E-state index is -0.423. The number of amides is 3. The normalized spacial score (nSPS) is 15.6. The highest BCUT2D eigenvalue weighted by Gasteiger charge is 2.34. The number of halogens is 2. The standard InChI is InChI=1S/C18H16Cl2N4O3S/c1-10-13(9-22-23(10)2)16(25)21-5-6-24-17(26)15(28-18(24)27)7-11-3-4-12(19)8-14(11)20/h3-4,7-9H,5-6H2,1-2H3,(H,21,25). The summed E-state index contributed by atoms with van der Waals surface area (Å²) < 4.78 is 1.60. The van der Waals surface area contributed by atoms with Crippen LogP contribution < -0.4 is 5.32 Å². The first-order chi connectivity index (χ1) is 13.3. The third kappa shape index (κ3) is 4.24. The lowest BCUT2D eigenvalue weighted by molar-refractivity contribution is -0.122. The molecule has 0 spiro atoms. The number of hydrogen-bond donors (Lipinski definition) is 1. The van der Waals surface area contributed by atoms with Crippen molar-refractivity contribution < 1.29 is 14.4 Å². The van der Waals surface area contributed by atoms with Gasteiger partial charge in [0.15, 0.2) is 0 Å². The predicted octanol–water partition coefficient (Wildman–Crippen LogP) is 3.50. The molecule has 0 unspecified atom stereocenters. The Labute approximate surface area is 175 Å². The molecule has 0 radical (unpaired) electrons. The van der Waals surface area contributed by atoms with Crippen molar-refractivity contribution in [1.29, 1.82) is 0 Å².